The monoisotopic (exact) mass is 240 g/mol. The molecule has 0 saturated heterocycles. The highest BCUT2D eigenvalue weighted by Gasteiger charge is 2.15. The van der Waals surface area contributed by atoms with Crippen molar-refractivity contribution >= 4 is 11.9 Å². The fraction of sp³-hybridized carbons (Fsp3) is 0.538. The number of ether oxygens (including phenoxy) is 2. The first kappa shape index (κ1) is 15.4. The van der Waals surface area contributed by atoms with Crippen molar-refractivity contribution in [2.45, 2.75) is 26.2 Å². The summed E-state index contributed by atoms with van der Waals surface area (Å²) >= 11 is 0. The van der Waals surface area contributed by atoms with Gasteiger partial charge < -0.3 is 9.47 Å². The van der Waals surface area contributed by atoms with Gasteiger partial charge >= 0.3 is 11.9 Å². The normalized spacial score (nSPS) is 11.4. The maximum absolute atomic E-state index is 11.5. The molecule has 0 aliphatic heterocycles. The zero-order valence-corrected chi connectivity index (χ0v) is 10.3. The zero-order chi connectivity index (χ0) is 13.1. The minimum absolute atomic E-state index is 0.219. The van der Waals surface area contributed by atoms with Crippen molar-refractivity contribution in [3.63, 3.8) is 0 Å². The number of esters is 2. The lowest BCUT2D eigenvalue weighted by atomic mass is 10.0. The first-order chi connectivity index (χ1) is 8.11. The highest BCUT2D eigenvalue weighted by Crippen LogP contribution is 2.12. The van der Waals surface area contributed by atoms with E-state index in [1.54, 1.807) is 6.08 Å². The molecule has 4 nitrogen and oxygen atoms in total. The van der Waals surface area contributed by atoms with Gasteiger partial charge in [-0.15, -0.1) is 6.58 Å². The molecule has 0 rings (SSSR count). The predicted molar refractivity (Wildman–Crippen MR) is 65.3 cm³/mol. The van der Waals surface area contributed by atoms with Crippen LogP contribution >= 0.6 is 0 Å². The molecule has 0 unspecified atom stereocenters. The molecule has 0 aliphatic carbocycles. The Morgan fingerprint density at radius 1 is 1.24 bits per heavy atom. The molecule has 0 N–H and O–H groups in total. The van der Waals surface area contributed by atoms with Crippen LogP contribution in [-0.4, -0.2) is 25.2 Å². The van der Waals surface area contributed by atoms with Gasteiger partial charge in [0.15, 0.2) is 0 Å². The lowest BCUT2D eigenvalue weighted by Crippen LogP contribution is -2.16. The van der Waals surface area contributed by atoms with Crippen LogP contribution in [0.25, 0.3) is 0 Å². The molecule has 0 bridgehead atoms. The van der Waals surface area contributed by atoms with E-state index >= 15 is 0 Å². The van der Waals surface area contributed by atoms with Gasteiger partial charge in [-0.05, 0) is 19.3 Å². The Morgan fingerprint density at radius 2 is 1.94 bits per heavy atom. The van der Waals surface area contributed by atoms with Crippen LogP contribution in [0.2, 0.25) is 0 Å². The van der Waals surface area contributed by atoms with E-state index in [-0.39, 0.29) is 24.5 Å². The molecule has 0 spiro atoms. The Balaban J connectivity index is 3.74. The van der Waals surface area contributed by atoms with Crippen LogP contribution in [0.4, 0.5) is 0 Å². The molecule has 0 radical (unpaired) electrons. The summed E-state index contributed by atoms with van der Waals surface area (Å²) in [6.45, 7) is 9.06. The van der Waals surface area contributed by atoms with Gasteiger partial charge in [-0.1, -0.05) is 18.7 Å². The molecular formula is C13H20O4. The van der Waals surface area contributed by atoms with Gasteiger partial charge in [0.1, 0.15) is 6.61 Å². The van der Waals surface area contributed by atoms with Crippen molar-refractivity contribution in [1.29, 1.82) is 0 Å². The molecule has 4 heteroatoms. The second-order valence-corrected chi connectivity index (χ2v) is 3.60. The van der Waals surface area contributed by atoms with Crippen molar-refractivity contribution < 1.29 is 19.1 Å². The smallest absolute Gasteiger partial charge is 0.313 e. The molecule has 0 amide bonds. The topological polar surface area (TPSA) is 52.6 Å². The first-order valence-electron chi connectivity index (χ1n) is 5.65. The average molecular weight is 240 g/mol. The lowest BCUT2D eigenvalue weighted by molar-refractivity contribution is -0.146. The van der Waals surface area contributed by atoms with Crippen LogP contribution in [-0.2, 0) is 19.1 Å². The maximum atomic E-state index is 11.5. The largest absolute Gasteiger partial charge is 0.466 e. The van der Waals surface area contributed by atoms with Crippen LogP contribution in [0.1, 0.15) is 26.2 Å². The summed E-state index contributed by atoms with van der Waals surface area (Å²) in [6, 6.07) is 0. The molecular weight excluding hydrogens is 220 g/mol. The molecule has 0 heterocycles. The van der Waals surface area contributed by atoms with E-state index in [1.807, 2.05) is 0 Å². The van der Waals surface area contributed by atoms with E-state index in [0.29, 0.717) is 13.0 Å². The quantitative estimate of drug-likeness (QED) is 0.352. The van der Waals surface area contributed by atoms with E-state index in [2.05, 4.69) is 13.2 Å². The number of rotatable bonds is 9. The minimum Gasteiger partial charge on any atom is -0.466 e. The molecule has 17 heavy (non-hydrogen) atoms. The highest BCUT2D eigenvalue weighted by atomic mass is 16.5. The van der Waals surface area contributed by atoms with Crippen LogP contribution < -0.4 is 0 Å². The molecule has 0 aromatic heterocycles. The van der Waals surface area contributed by atoms with Gasteiger partial charge in [0.25, 0.3) is 0 Å². The fourth-order valence-electron chi connectivity index (χ4n) is 1.26. The van der Waals surface area contributed by atoms with E-state index in [4.69, 9.17) is 9.47 Å². The van der Waals surface area contributed by atoms with E-state index < -0.39 is 0 Å². The number of carbonyl (C=O) groups is 2. The van der Waals surface area contributed by atoms with Crippen molar-refractivity contribution in [2.24, 2.45) is 5.92 Å². The summed E-state index contributed by atoms with van der Waals surface area (Å²) in [4.78, 5) is 22.0. The van der Waals surface area contributed by atoms with Crippen LogP contribution in [0.3, 0.4) is 0 Å². The number of carbonyl (C=O) groups excluding carboxylic acids is 2. The number of unbranched alkanes of at least 4 members (excludes halogenated alkanes) is 1. The van der Waals surface area contributed by atoms with Gasteiger partial charge in [0, 0.05) is 6.92 Å². The Labute approximate surface area is 102 Å². The number of hydrogen-bond donors (Lipinski definition) is 0. The summed E-state index contributed by atoms with van der Waals surface area (Å²) in [5.41, 5.74) is 0. The highest BCUT2D eigenvalue weighted by molar-refractivity contribution is 5.74. The van der Waals surface area contributed by atoms with Gasteiger partial charge in [-0.25, -0.2) is 0 Å². The SMILES string of the molecule is C=CCOC(=O)[C@@H](C=C)CCCCOC(C)=O. The summed E-state index contributed by atoms with van der Waals surface area (Å²) in [5, 5.41) is 0. The van der Waals surface area contributed by atoms with Crippen molar-refractivity contribution in [3.05, 3.63) is 25.3 Å². The summed E-state index contributed by atoms with van der Waals surface area (Å²) in [7, 11) is 0. The Hall–Kier alpha value is -1.58. The second kappa shape index (κ2) is 9.63. The molecule has 0 aromatic carbocycles. The van der Waals surface area contributed by atoms with Gasteiger partial charge in [0.2, 0.25) is 0 Å². The Kier molecular flexibility index (Phi) is 8.74. The second-order valence-electron chi connectivity index (χ2n) is 3.60. The third kappa shape index (κ3) is 8.25. The summed E-state index contributed by atoms with van der Waals surface area (Å²) in [5.74, 6) is -0.865. The Morgan fingerprint density at radius 3 is 2.47 bits per heavy atom. The third-order valence-corrected chi connectivity index (χ3v) is 2.15. The molecule has 1 atom stereocenters. The zero-order valence-electron chi connectivity index (χ0n) is 10.3. The van der Waals surface area contributed by atoms with Gasteiger partial charge in [0.05, 0.1) is 12.5 Å². The van der Waals surface area contributed by atoms with Crippen molar-refractivity contribution in [2.75, 3.05) is 13.2 Å². The van der Waals surface area contributed by atoms with Gasteiger partial charge in [-0.3, -0.25) is 9.59 Å². The fourth-order valence-corrected chi connectivity index (χ4v) is 1.26. The summed E-state index contributed by atoms with van der Waals surface area (Å²) < 4.78 is 9.71. The molecule has 96 valence electrons. The van der Waals surface area contributed by atoms with Crippen molar-refractivity contribution in [3.8, 4) is 0 Å². The Bertz CT molecular complexity index is 271. The van der Waals surface area contributed by atoms with Crippen molar-refractivity contribution in [1.82, 2.24) is 0 Å². The average Bonchev–Trinajstić information content (AvgIpc) is 2.30. The molecule has 0 aliphatic rings. The van der Waals surface area contributed by atoms with E-state index in [9.17, 15) is 9.59 Å². The summed E-state index contributed by atoms with van der Waals surface area (Å²) in [6.07, 6.45) is 5.28. The van der Waals surface area contributed by atoms with Crippen LogP contribution in [0.5, 0.6) is 0 Å². The van der Waals surface area contributed by atoms with E-state index in [0.717, 1.165) is 12.8 Å². The molecule has 0 aromatic rings. The van der Waals surface area contributed by atoms with E-state index in [1.165, 1.54) is 13.0 Å². The lowest BCUT2D eigenvalue weighted by Gasteiger charge is -2.10. The van der Waals surface area contributed by atoms with Crippen LogP contribution in [0, 0.1) is 5.92 Å². The third-order valence-electron chi connectivity index (χ3n) is 2.15. The van der Waals surface area contributed by atoms with Crippen LogP contribution in [0.15, 0.2) is 25.3 Å². The minimum atomic E-state index is -0.299. The van der Waals surface area contributed by atoms with Gasteiger partial charge in [-0.2, -0.15) is 0 Å². The maximum Gasteiger partial charge on any atom is 0.313 e. The first-order valence-corrected chi connectivity index (χ1v) is 5.65. The number of hydrogen-bond acceptors (Lipinski definition) is 4. The standard InChI is InChI=1S/C13H20O4/c1-4-9-17-13(15)12(5-2)8-6-7-10-16-11(3)14/h4-5,12H,1-2,6-10H2,3H3/t12-/m0/s1. The molecule has 0 saturated carbocycles. The predicted octanol–water partition coefficient (Wildman–Crippen LogP) is 2.25. The molecule has 0 fully saturated rings.